The van der Waals surface area contributed by atoms with Crippen LogP contribution in [0.3, 0.4) is 0 Å². The molecule has 2 amide bonds. The third-order valence-corrected chi connectivity index (χ3v) is 3.63. The number of carbonyl (C=O) groups is 2. The Morgan fingerprint density at radius 3 is 2.14 bits per heavy atom. The second-order valence-electron chi connectivity index (χ2n) is 5.05. The molecule has 0 saturated carbocycles. The summed E-state index contributed by atoms with van der Waals surface area (Å²) in [6, 6.07) is 18.4. The van der Waals surface area contributed by atoms with E-state index in [2.05, 4.69) is 0 Å². The summed E-state index contributed by atoms with van der Waals surface area (Å²) in [5.74, 6) is -1.09. The van der Waals surface area contributed by atoms with E-state index in [9.17, 15) is 9.59 Å². The lowest BCUT2D eigenvalue weighted by molar-refractivity contribution is 0.0989. The molecule has 0 aliphatic heterocycles. The SMILES string of the molecule is NC(=O)c1ccc(C(N)=O)c(-c2ccc3ccccc3c2)c1. The van der Waals surface area contributed by atoms with Gasteiger partial charge < -0.3 is 11.5 Å². The van der Waals surface area contributed by atoms with Crippen molar-refractivity contribution in [1.82, 2.24) is 0 Å². The van der Waals surface area contributed by atoms with E-state index in [1.165, 1.54) is 12.1 Å². The van der Waals surface area contributed by atoms with Crippen molar-refractivity contribution in [3.63, 3.8) is 0 Å². The summed E-state index contributed by atoms with van der Waals surface area (Å²) in [7, 11) is 0. The molecule has 4 N–H and O–H groups in total. The maximum absolute atomic E-state index is 11.6. The summed E-state index contributed by atoms with van der Waals surface area (Å²) in [4.78, 5) is 23.0. The van der Waals surface area contributed by atoms with E-state index in [1.807, 2.05) is 42.5 Å². The van der Waals surface area contributed by atoms with Crippen molar-refractivity contribution in [2.24, 2.45) is 11.5 Å². The number of primary amides is 2. The molecule has 0 bridgehead atoms. The number of nitrogens with two attached hydrogens (primary N) is 2. The minimum atomic E-state index is -0.543. The monoisotopic (exact) mass is 290 g/mol. The lowest BCUT2D eigenvalue weighted by atomic mass is 9.95. The molecule has 3 rings (SSSR count). The number of carbonyl (C=O) groups excluding carboxylic acids is 2. The smallest absolute Gasteiger partial charge is 0.249 e. The fourth-order valence-corrected chi connectivity index (χ4v) is 2.51. The van der Waals surface area contributed by atoms with Crippen molar-refractivity contribution in [2.75, 3.05) is 0 Å². The Bertz CT molecular complexity index is 900. The lowest BCUT2D eigenvalue weighted by Gasteiger charge is -2.10. The van der Waals surface area contributed by atoms with E-state index in [0.717, 1.165) is 16.3 Å². The number of amides is 2. The molecular formula is C18H14N2O2. The van der Waals surface area contributed by atoms with Crippen LogP contribution in [-0.4, -0.2) is 11.8 Å². The molecule has 0 saturated heterocycles. The number of rotatable bonds is 3. The van der Waals surface area contributed by atoms with Crippen molar-refractivity contribution < 1.29 is 9.59 Å². The van der Waals surface area contributed by atoms with Gasteiger partial charge in [-0.3, -0.25) is 9.59 Å². The topological polar surface area (TPSA) is 86.2 Å². The van der Waals surface area contributed by atoms with E-state index >= 15 is 0 Å². The maximum Gasteiger partial charge on any atom is 0.249 e. The zero-order chi connectivity index (χ0) is 15.7. The molecule has 4 nitrogen and oxygen atoms in total. The van der Waals surface area contributed by atoms with Crippen molar-refractivity contribution >= 4 is 22.6 Å². The van der Waals surface area contributed by atoms with Crippen molar-refractivity contribution in [1.29, 1.82) is 0 Å². The van der Waals surface area contributed by atoms with Gasteiger partial charge in [0.05, 0.1) is 0 Å². The van der Waals surface area contributed by atoms with Gasteiger partial charge in [0, 0.05) is 11.1 Å². The Morgan fingerprint density at radius 2 is 1.45 bits per heavy atom. The van der Waals surface area contributed by atoms with E-state index < -0.39 is 11.8 Å². The Labute approximate surface area is 127 Å². The number of benzene rings is 3. The fourth-order valence-electron chi connectivity index (χ4n) is 2.51. The molecule has 0 aromatic heterocycles. The zero-order valence-electron chi connectivity index (χ0n) is 11.7. The van der Waals surface area contributed by atoms with Gasteiger partial charge in [0.15, 0.2) is 0 Å². The number of hydrogen-bond acceptors (Lipinski definition) is 2. The van der Waals surface area contributed by atoms with Gasteiger partial charge in [-0.15, -0.1) is 0 Å². The molecule has 0 fully saturated rings. The third-order valence-electron chi connectivity index (χ3n) is 3.63. The molecule has 0 aliphatic rings. The molecule has 0 aliphatic carbocycles. The van der Waals surface area contributed by atoms with E-state index in [0.29, 0.717) is 16.7 Å². The first kappa shape index (κ1) is 13.8. The van der Waals surface area contributed by atoms with E-state index in [1.54, 1.807) is 6.07 Å². The van der Waals surface area contributed by atoms with Crippen molar-refractivity contribution in [2.45, 2.75) is 0 Å². The molecule has 0 radical (unpaired) electrons. The normalized spacial score (nSPS) is 10.5. The molecule has 0 unspecified atom stereocenters. The average molecular weight is 290 g/mol. The highest BCUT2D eigenvalue weighted by Crippen LogP contribution is 2.28. The van der Waals surface area contributed by atoms with Gasteiger partial charge in [-0.2, -0.15) is 0 Å². The summed E-state index contributed by atoms with van der Waals surface area (Å²) in [5, 5.41) is 2.14. The van der Waals surface area contributed by atoms with Crippen LogP contribution in [0, 0.1) is 0 Å². The molecule has 0 spiro atoms. The summed E-state index contributed by atoms with van der Waals surface area (Å²) < 4.78 is 0. The first-order valence-corrected chi connectivity index (χ1v) is 6.79. The number of fused-ring (bicyclic) bond motifs is 1. The van der Waals surface area contributed by atoms with Gasteiger partial charge in [0.1, 0.15) is 0 Å². The standard InChI is InChI=1S/C18H14N2O2/c19-17(21)14-7-8-15(18(20)22)16(10-14)13-6-5-11-3-1-2-4-12(11)9-13/h1-10H,(H2,19,21)(H2,20,22). The second kappa shape index (κ2) is 5.33. The van der Waals surface area contributed by atoms with Crippen LogP contribution in [-0.2, 0) is 0 Å². The van der Waals surface area contributed by atoms with Crippen LogP contribution < -0.4 is 11.5 Å². The third kappa shape index (κ3) is 2.42. The first-order chi connectivity index (χ1) is 10.6. The quantitative estimate of drug-likeness (QED) is 0.777. The van der Waals surface area contributed by atoms with Crippen LogP contribution in [0.1, 0.15) is 20.7 Å². The zero-order valence-corrected chi connectivity index (χ0v) is 11.7. The predicted molar refractivity (Wildman–Crippen MR) is 86.4 cm³/mol. The molecule has 3 aromatic rings. The van der Waals surface area contributed by atoms with Crippen LogP contribution in [0.15, 0.2) is 60.7 Å². The van der Waals surface area contributed by atoms with Crippen molar-refractivity contribution in [3.05, 3.63) is 71.8 Å². The number of hydrogen-bond donors (Lipinski definition) is 2. The van der Waals surface area contributed by atoms with Gasteiger partial charge in [-0.1, -0.05) is 36.4 Å². The molecular weight excluding hydrogens is 276 g/mol. The van der Waals surface area contributed by atoms with Crippen LogP contribution in [0.4, 0.5) is 0 Å². The average Bonchev–Trinajstić information content (AvgIpc) is 2.53. The van der Waals surface area contributed by atoms with Crippen LogP contribution in [0.5, 0.6) is 0 Å². The molecule has 22 heavy (non-hydrogen) atoms. The Balaban J connectivity index is 2.25. The Morgan fingerprint density at radius 1 is 0.727 bits per heavy atom. The summed E-state index contributed by atoms with van der Waals surface area (Å²) in [5.41, 5.74) is 12.9. The first-order valence-electron chi connectivity index (χ1n) is 6.79. The van der Waals surface area contributed by atoms with Gasteiger partial charge in [-0.05, 0) is 46.2 Å². The fraction of sp³-hybridized carbons (Fsp3) is 0. The lowest BCUT2D eigenvalue weighted by Crippen LogP contribution is -2.15. The van der Waals surface area contributed by atoms with Crippen LogP contribution in [0.2, 0.25) is 0 Å². The largest absolute Gasteiger partial charge is 0.366 e. The van der Waals surface area contributed by atoms with Crippen LogP contribution >= 0.6 is 0 Å². The van der Waals surface area contributed by atoms with E-state index in [4.69, 9.17) is 11.5 Å². The van der Waals surface area contributed by atoms with Gasteiger partial charge in [-0.25, -0.2) is 0 Å². The highest BCUT2D eigenvalue weighted by Gasteiger charge is 2.13. The van der Waals surface area contributed by atoms with Crippen LogP contribution in [0.25, 0.3) is 21.9 Å². The predicted octanol–water partition coefficient (Wildman–Crippen LogP) is 2.70. The molecule has 108 valence electrons. The summed E-state index contributed by atoms with van der Waals surface area (Å²) >= 11 is 0. The minimum Gasteiger partial charge on any atom is -0.366 e. The highest BCUT2D eigenvalue weighted by molar-refractivity contribution is 6.03. The molecule has 0 heterocycles. The molecule has 3 aromatic carbocycles. The van der Waals surface area contributed by atoms with Crippen molar-refractivity contribution in [3.8, 4) is 11.1 Å². The summed E-state index contributed by atoms with van der Waals surface area (Å²) in [6.45, 7) is 0. The molecule has 0 atom stereocenters. The van der Waals surface area contributed by atoms with Gasteiger partial charge in [0.2, 0.25) is 11.8 Å². The van der Waals surface area contributed by atoms with Gasteiger partial charge in [0.25, 0.3) is 0 Å². The molecule has 4 heteroatoms. The maximum atomic E-state index is 11.6. The Kier molecular flexibility index (Phi) is 3.35. The second-order valence-corrected chi connectivity index (χ2v) is 5.05. The minimum absolute atomic E-state index is 0.341. The Hall–Kier alpha value is -3.14. The van der Waals surface area contributed by atoms with Gasteiger partial charge >= 0.3 is 0 Å². The summed E-state index contributed by atoms with van der Waals surface area (Å²) in [6.07, 6.45) is 0. The highest BCUT2D eigenvalue weighted by atomic mass is 16.1. The van der Waals surface area contributed by atoms with E-state index in [-0.39, 0.29) is 0 Å².